The normalized spacial score (nSPS) is 12.7. The third kappa shape index (κ3) is 4.15. The summed E-state index contributed by atoms with van der Waals surface area (Å²) in [6, 6.07) is 0.135. The van der Waals surface area contributed by atoms with Crippen molar-refractivity contribution < 1.29 is 9.84 Å². The molecule has 0 spiro atoms. The number of ether oxygens (including phenoxy) is 1. The van der Waals surface area contributed by atoms with Crippen molar-refractivity contribution in [3.63, 3.8) is 0 Å². The molecular weight excluding hydrogens is 212 g/mol. The Morgan fingerprint density at radius 2 is 2.47 bits per heavy atom. The van der Waals surface area contributed by atoms with E-state index in [9.17, 15) is 0 Å². The van der Waals surface area contributed by atoms with Gasteiger partial charge in [0.1, 0.15) is 0 Å². The summed E-state index contributed by atoms with van der Waals surface area (Å²) >= 11 is 1.59. The largest absolute Gasteiger partial charge is 0.396 e. The first kappa shape index (κ1) is 12.4. The van der Waals surface area contributed by atoms with Gasteiger partial charge in [0.15, 0.2) is 5.13 Å². The number of aliphatic hydroxyl groups excluding tert-OH is 1. The van der Waals surface area contributed by atoms with Crippen molar-refractivity contribution in [1.82, 2.24) is 4.98 Å². The van der Waals surface area contributed by atoms with Gasteiger partial charge in [-0.3, -0.25) is 0 Å². The molecule has 1 atom stereocenters. The average molecular weight is 230 g/mol. The molecule has 0 aliphatic heterocycles. The molecule has 1 unspecified atom stereocenters. The summed E-state index contributed by atoms with van der Waals surface area (Å²) < 4.78 is 5.07. The Bertz CT molecular complexity index is 272. The van der Waals surface area contributed by atoms with Crippen molar-refractivity contribution in [1.29, 1.82) is 0 Å². The highest BCUT2D eigenvalue weighted by atomic mass is 32.1. The number of nitrogens with zero attached hydrogens (tertiary/aromatic N) is 1. The first-order chi connectivity index (χ1) is 7.30. The maximum atomic E-state index is 8.88. The van der Waals surface area contributed by atoms with Gasteiger partial charge in [-0.05, 0) is 12.8 Å². The number of methoxy groups -OCH3 is 1. The van der Waals surface area contributed by atoms with E-state index in [0.717, 1.165) is 17.2 Å². The molecule has 4 nitrogen and oxygen atoms in total. The van der Waals surface area contributed by atoms with Crippen LogP contribution in [0.2, 0.25) is 0 Å². The van der Waals surface area contributed by atoms with Crippen molar-refractivity contribution in [2.75, 3.05) is 25.6 Å². The highest BCUT2D eigenvalue weighted by Gasteiger charge is 2.09. The van der Waals surface area contributed by atoms with Gasteiger partial charge in [0.2, 0.25) is 0 Å². The van der Waals surface area contributed by atoms with E-state index in [1.807, 2.05) is 5.38 Å². The monoisotopic (exact) mass is 230 g/mol. The molecule has 1 rings (SSSR count). The van der Waals surface area contributed by atoms with Gasteiger partial charge in [0.25, 0.3) is 0 Å². The van der Waals surface area contributed by atoms with Crippen molar-refractivity contribution in [3.8, 4) is 0 Å². The van der Waals surface area contributed by atoms with Gasteiger partial charge >= 0.3 is 0 Å². The van der Waals surface area contributed by atoms with Crippen LogP contribution in [0.1, 0.15) is 19.0 Å². The molecule has 0 bridgehead atoms. The average Bonchev–Trinajstić information content (AvgIpc) is 2.66. The topological polar surface area (TPSA) is 54.4 Å². The Hall–Kier alpha value is -0.650. The number of anilines is 1. The van der Waals surface area contributed by atoms with E-state index < -0.39 is 0 Å². The lowest BCUT2D eigenvalue weighted by Crippen LogP contribution is -2.26. The quantitative estimate of drug-likeness (QED) is 0.745. The van der Waals surface area contributed by atoms with Crippen LogP contribution in [0.4, 0.5) is 5.13 Å². The van der Waals surface area contributed by atoms with E-state index in [-0.39, 0.29) is 12.6 Å². The molecule has 0 saturated heterocycles. The first-order valence-electron chi connectivity index (χ1n) is 5.10. The molecule has 15 heavy (non-hydrogen) atoms. The van der Waals surface area contributed by atoms with Crippen LogP contribution >= 0.6 is 11.3 Å². The summed E-state index contributed by atoms with van der Waals surface area (Å²) in [5.41, 5.74) is 1.10. The number of aliphatic hydroxyl groups is 1. The van der Waals surface area contributed by atoms with Crippen LogP contribution in [0.25, 0.3) is 0 Å². The fourth-order valence-corrected chi connectivity index (χ4v) is 2.14. The Morgan fingerprint density at radius 3 is 3.00 bits per heavy atom. The Morgan fingerprint density at radius 1 is 1.67 bits per heavy atom. The van der Waals surface area contributed by atoms with Gasteiger partial charge < -0.3 is 15.2 Å². The van der Waals surface area contributed by atoms with Crippen molar-refractivity contribution in [2.45, 2.75) is 25.8 Å². The molecule has 1 heterocycles. The molecular formula is C10H18N2O2S. The van der Waals surface area contributed by atoms with Crippen molar-refractivity contribution >= 4 is 16.5 Å². The van der Waals surface area contributed by atoms with Crippen LogP contribution in [0, 0.1) is 0 Å². The van der Waals surface area contributed by atoms with Crippen LogP contribution < -0.4 is 5.32 Å². The van der Waals surface area contributed by atoms with Crippen LogP contribution in [-0.2, 0) is 11.2 Å². The molecule has 0 fully saturated rings. The number of hydrogen-bond acceptors (Lipinski definition) is 5. The molecule has 1 aromatic rings. The van der Waals surface area contributed by atoms with Crippen molar-refractivity contribution in [2.24, 2.45) is 0 Å². The maximum absolute atomic E-state index is 8.88. The second kappa shape index (κ2) is 6.76. The second-order valence-electron chi connectivity index (χ2n) is 3.31. The standard InChI is InChI=1S/C10H18N2O2S/c1-3-8-7-15-10(11-8)12-9(4-5-13)6-14-2/h7,9,13H,3-6H2,1-2H3,(H,11,12). The fraction of sp³-hybridized carbons (Fsp3) is 0.700. The molecule has 2 N–H and O–H groups in total. The smallest absolute Gasteiger partial charge is 0.183 e. The third-order valence-electron chi connectivity index (χ3n) is 2.09. The van der Waals surface area contributed by atoms with Gasteiger partial charge in [0.05, 0.1) is 18.3 Å². The zero-order valence-corrected chi connectivity index (χ0v) is 10.0. The van der Waals surface area contributed by atoms with Gasteiger partial charge in [-0.1, -0.05) is 6.92 Å². The van der Waals surface area contributed by atoms with E-state index in [2.05, 4.69) is 17.2 Å². The van der Waals surface area contributed by atoms with Crippen molar-refractivity contribution in [3.05, 3.63) is 11.1 Å². The summed E-state index contributed by atoms with van der Waals surface area (Å²) in [6.45, 7) is 2.83. The van der Waals surface area contributed by atoms with Gasteiger partial charge in [0, 0.05) is 19.1 Å². The highest BCUT2D eigenvalue weighted by Crippen LogP contribution is 2.17. The Kier molecular flexibility index (Phi) is 5.60. The fourth-order valence-electron chi connectivity index (χ4n) is 1.26. The summed E-state index contributed by atoms with van der Waals surface area (Å²) in [6.07, 6.45) is 1.63. The number of nitrogens with one attached hydrogen (secondary N) is 1. The molecule has 0 aliphatic rings. The summed E-state index contributed by atoms with van der Waals surface area (Å²) in [5, 5.41) is 15.1. The number of thiazole rings is 1. The minimum atomic E-state index is 0.135. The number of aryl methyl sites for hydroxylation is 1. The lowest BCUT2D eigenvalue weighted by molar-refractivity contribution is 0.170. The highest BCUT2D eigenvalue weighted by molar-refractivity contribution is 7.13. The molecule has 0 aromatic carbocycles. The summed E-state index contributed by atoms with van der Waals surface area (Å²) in [7, 11) is 1.66. The molecule has 0 aliphatic carbocycles. The van der Waals surface area contributed by atoms with Crippen LogP contribution in [0.5, 0.6) is 0 Å². The molecule has 0 radical (unpaired) electrons. The molecule has 5 heteroatoms. The Balaban J connectivity index is 2.48. The Labute approximate surface area is 94.3 Å². The number of hydrogen-bond donors (Lipinski definition) is 2. The first-order valence-corrected chi connectivity index (χ1v) is 5.98. The van der Waals surface area contributed by atoms with Gasteiger partial charge in [-0.2, -0.15) is 0 Å². The maximum Gasteiger partial charge on any atom is 0.183 e. The van der Waals surface area contributed by atoms with E-state index in [0.29, 0.717) is 13.0 Å². The predicted octanol–water partition coefficient (Wildman–Crippen LogP) is 1.51. The zero-order chi connectivity index (χ0) is 11.1. The lowest BCUT2D eigenvalue weighted by atomic mass is 10.2. The third-order valence-corrected chi connectivity index (χ3v) is 2.91. The predicted molar refractivity (Wildman–Crippen MR) is 62.5 cm³/mol. The van der Waals surface area contributed by atoms with E-state index in [4.69, 9.17) is 9.84 Å². The zero-order valence-electron chi connectivity index (χ0n) is 9.19. The van der Waals surface area contributed by atoms with Crippen LogP contribution in [-0.4, -0.2) is 36.5 Å². The van der Waals surface area contributed by atoms with Gasteiger partial charge in [-0.25, -0.2) is 4.98 Å². The van der Waals surface area contributed by atoms with E-state index >= 15 is 0 Å². The van der Waals surface area contributed by atoms with Crippen LogP contribution in [0.15, 0.2) is 5.38 Å². The summed E-state index contributed by atoms with van der Waals surface area (Å²) in [4.78, 5) is 4.40. The second-order valence-corrected chi connectivity index (χ2v) is 4.16. The van der Waals surface area contributed by atoms with E-state index in [1.54, 1.807) is 18.4 Å². The number of aromatic nitrogens is 1. The number of rotatable bonds is 7. The molecule has 86 valence electrons. The molecule has 0 amide bonds. The van der Waals surface area contributed by atoms with Gasteiger partial charge in [-0.15, -0.1) is 11.3 Å². The SMILES string of the molecule is CCc1csc(NC(CCO)COC)n1. The minimum Gasteiger partial charge on any atom is -0.396 e. The lowest BCUT2D eigenvalue weighted by Gasteiger charge is -2.15. The molecule has 0 saturated carbocycles. The van der Waals surface area contributed by atoms with E-state index in [1.165, 1.54) is 0 Å². The van der Waals surface area contributed by atoms with Crippen LogP contribution in [0.3, 0.4) is 0 Å². The minimum absolute atomic E-state index is 0.135. The summed E-state index contributed by atoms with van der Waals surface area (Å²) in [5.74, 6) is 0. The molecule has 1 aromatic heterocycles.